The number of amides is 2. The van der Waals surface area contributed by atoms with Gasteiger partial charge >= 0.3 is 6.18 Å². The first kappa shape index (κ1) is 29.6. The lowest BCUT2D eigenvalue weighted by molar-refractivity contribution is -0.151. The van der Waals surface area contributed by atoms with Gasteiger partial charge in [0.15, 0.2) is 0 Å². The van der Waals surface area contributed by atoms with Crippen molar-refractivity contribution in [2.75, 3.05) is 19.6 Å². The Morgan fingerprint density at radius 1 is 1.03 bits per heavy atom. The van der Waals surface area contributed by atoms with Crippen molar-refractivity contribution in [2.45, 2.75) is 62.9 Å². The molecule has 1 saturated heterocycles. The van der Waals surface area contributed by atoms with Gasteiger partial charge in [0.2, 0.25) is 15.9 Å². The first-order valence-electron chi connectivity index (χ1n) is 12.1. The van der Waals surface area contributed by atoms with Gasteiger partial charge in [-0.1, -0.05) is 38.1 Å². The standard InChI is InChI=1S/C26H32F3N3O5S/c1-17(2)19-7-11-21(12-8-19)38(36,37)32-14-13-31(24(34)25(3,4)35)16-22(32)23(33)30-15-18-5-9-20(10-6-18)26(27,28)29/h5-12,17,22,35H,13-16H2,1-4H3,(H,30,33). The van der Waals surface area contributed by atoms with E-state index in [2.05, 4.69) is 5.32 Å². The second-order valence-electron chi connectivity index (χ2n) is 10.1. The highest BCUT2D eigenvalue weighted by atomic mass is 32.2. The van der Waals surface area contributed by atoms with Gasteiger partial charge in [-0.3, -0.25) is 9.59 Å². The number of piperazine rings is 1. The average Bonchev–Trinajstić information content (AvgIpc) is 2.85. The first-order valence-corrected chi connectivity index (χ1v) is 13.5. The van der Waals surface area contributed by atoms with Crippen molar-refractivity contribution < 1.29 is 36.3 Å². The van der Waals surface area contributed by atoms with Crippen molar-refractivity contribution in [1.82, 2.24) is 14.5 Å². The van der Waals surface area contributed by atoms with E-state index in [-0.39, 0.29) is 37.0 Å². The van der Waals surface area contributed by atoms with Crippen LogP contribution in [0.25, 0.3) is 0 Å². The molecule has 208 valence electrons. The Morgan fingerprint density at radius 3 is 2.11 bits per heavy atom. The summed E-state index contributed by atoms with van der Waals surface area (Å²) in [6, 6.07) is 9.24. The predicted octanol–water partition coefficient (Wildman–Crippen LogP) is 3.12. The monoisotopic (exact) mass is 555 g/mol. The van der Waals surface area contributed by atoms with Gasteiger partial charge in [0.1, 0.15) is 11.6 Å². The van der Waals surface area contributed by atoms with Crippen molar-refractivity contribution in [3.8, 4) is 0 Å². The van der Waals surface area contributed by atoms with Crippen molar-refractivity contribution in [2.24, 2.45) is 0 Å². The van der Waals surface area contributed by atoms with Gasteiger partial charge in [-0.25, -0.2) is 8.42 Å². The molecule has 2 N–H and O–H groups in total. The summed E-state index contributed by atoms with van der Waals surface area (Å²) in [7, 11) is -4.14. The molecule has 38 heavy (non-hydrogen) atoms. The number of hydrogen-bond acceptors (Lipinski definition) is 5. The SMILES string of the molecule is CC(C)c1ccc(S(=O)(=O)N2CCN(C(=O)C(C)(C)O)CC2C(=O)NCc2ccc(C(F)(F)F)cc2)cc1. The second kappa shape index (κ2) is 11.0. The molecule has 0 aliphatic carbocycles. The molecule has 1 unspecified atom stereocenters. The van der Waals surface area contributed by atoms with Crippen molar-refractivity contribution in [1.29, 1.82) is 0 Å². The maximum atomic E-state index is 13.5. The fourth-order valence-electron chi connectivity index (χ4n) is 4.12. The number of benzene rings is 2. The molecule has 8 nitrogen and oxygen atoms in total. The Balaban J connectivity index is 1.86. The zero-order valence-corrected chi connectivity index (χ0v) is 22.4. The van der Waals surface area contributed by atoms with Crippen LogP contribution in [-0.4, -0.2) is 65.8 Å². The van der Waals surface area contributed by atoms with Crippen LogP contribution in [-0.2, 0) is 32.3 Å². The zero-order valence-electron chi connectivity index (χ0n) is 21.6. The third-order valence-electron chi connectivity index (χ3n) is 6.35. The molecule has 12 heteroatoms. The number of alkyl halides is 3. The zero-order chi connectivity index (χ0) is 28.5. The Labute approximate surface area is 220 Å². The smallest absolute Gasteiger partial charge is 0.381 e. The van der Waals surface area contributed by atoms with Crippen molar-refractivity contribution >= 4 is 21.8 Å². The summed E-state index contributed by atoms with van der Waals surface area (Å²) in [4.78, 5) is 27.2. The van der Waals surface area contributed by atoms with E-state index < -0.39 is 45.2 Å². The number of carbonyl (C=O) groups is 2. The van der Waals surface area contributed by atoms with Crippen LogP contribution >= 0.6 is 0 Å². The molecule has 0 aromatic heterocycles. The molecule has 1 atom stereocenters. The number of aliphatic hydroxyl groups is 1. The molecule has 2 amide bonds. The van der Waals surface area contributed by atoms with Crippen LogP contribution in [0.3, 0.4) is 0 Å². The third-order valence-corrected chi connectivity index (χ3v) is 8.27. The quantitative estimate of drug-likeness (QED) is 0.546. The van der Waals surface area contributed by atoms with E-state index in [0.717, 1.165) is 22.0 Å². The van der Waals surface area contributed by atoms with E-state index in [1.807, 2.05) is 13.8 Å². The Morgan fingerprint density at radius 2 is 1.61 bits per heavy atom. The Kier molecular flexibility index (Phi) is 8.59. The molecule has 0 spiro atoms. The fraction of sp³-hybridized carbons (Fsp3) is 0.462. The van der Waals surface area contributed by atoms with Gasteiger partial charge in [0.25, 0.3) is 5.91 Å². The number of halogens is 3. The molecule has 1 fully saturated rings. The van der Waals surface area contributed by atoms with Crippen molar-refractivity contribution in [3.05, 3.63) is 65.2 Å². The van der Waals surface area contributed by atoms with E-state index in [9.17, 15) is 36.3 Å². The van der Waals surface area contributed by atoms with Gasteiger partial charge in [-0.05, 0) is 55.2 Å². The fourth-order valence-corrected chi connectivity index (χ4v) is 5.69. The van der Waals surface area contributed by atoms with E-state index in [4.69, 9.17) is 0 Å². The first-order chi connectivity index (χ1) is 17.5. The minimum atomic E-state index is -4.50. The Hall–Kier alpha value is -2.96. The van der Waals surface area contributed by atoms with Gasteiger partial charge < -0.3 is 15.3 Å². The molecule has 0 saturated carbocycles. The molecule has 3 rings (SSSR count). The number of nitrogens with zero attached hydrogens (tertiary/aromatic N) is 2. The normalized spacial score (nSPS) is 17.5. The van der Waals surface area contributed by atoms with Crippen molar-refractivity contribution in [3.63, 3.8) is 0 Å². The maximum absolute atomic E-state index is 13.5. The molecule has 0 bridgehead atoms. The summed E-state index contributed by atoms with van der Waals surface area (Å²) >= 11 is 0. The van der Waals surface area contributed by atoms with Gasteiger partial charge in [0.05, 0.1) is 10.5 Å². The van der Waals surface area contributed by atoms with Gasteiger partial charge in [-0.15, -0.1) is 0 Å². The summed E-state index contributed by atoms with van der Waals surface area (Å²) < 4.78 is 66.6. The molecule has 0 radical (unpaired) electrons. The molecule has 2 aromatic carbocycles. The van der Waals surface area contributed by atoms with Crippen LogP contribution in [0.1, 0.15) is 50.3 Å². The summed E-state index contributed by atoms with van der Waals surface area (Å²) in [5, 5.41) is 12.7. The van der Waals surface area contributed by atoms with E-state index in [1.165, 1.54) is 43.0 Å². The molecule has 1 aliphatic heterocycles. The average molecular weight is 556 g/mol. The number of carbonyl (C=O) groups excluding carboxylic acids is 2. The lowest BCUT2D eigenvalue weighted by atomic mass is 10.0. The van der Waals surface area contributed by atoms with Crippen LogP contribution in [0.2, 0.25) is 0 Å². The number of sulfonamides is 1. The number of nitrogens with one attached hydrogen (secondary N) is 1. The highest BCUT2D eigenvalue weighted by Gasteiger charge is 2.43. The lowest BCUT2D eigenvalue weighted by Gasteiger charge is -2.41. The topological polar surface area (TPSA) is 107 Å². The predicted molar refractivity (Wildman–Crippen MR) is 134 cm³/mol. The molecule has 2 aromatic rings. The van der Waals surface area contributed by atoms with Crippen LogP contribution in [0.4, 0.5) is 13.2 Å². The molecule has 1 aliphatic rings. The second-order valence-corrected chi connectivity index (χ2v) is 12.0. The van der Waals surface area contributed by atoms with Crippen LogP contribution in [0.5, 0.6) is 0 Å². The highest BCUT2D eigenvalue weighted by molar-refractivity contribution is 7.89. The maximum Gasteiger partial charge on any atom is 0.416 e. The van der Waals surface area contributed by atoms with E-state index >= 15 is 0 Å². The summed E-state index contributed by atoms with van der Waals surface area (Å²) in [6.45, 7) is 5.87. The third kappa shape index (κ3) is 6.72. The van der Waals surface area contributed by atoms with E-state index in [0.29, 0.717) is 5.56 Å². The lowest BCUT2D eigenvalue weighted by Crippen LogP contribution is -2.63. The van der Waals surface area contributed by atoms with Gasteiger partial charge in [-0.2, -0.15) is 17.5 Å². The molecular weight excluding hydrogens is 523 g/mol. The number of hydrogen-bond donors (Lipinski definition) is 2. The summed E-state index contributed by atoms with van der Waals surface area (Å²) in [5.41, 5.74) is -1.24. The van der Waals surface area contributed by atoms with Crippen LogP contribution in [0, 0.1) is 0 Å². The van der Waals surface area contributed by atoms with Crippen LogP contribution < -0.4 is 5.32 Å². The molecule has 1 heterocycles. The van der Waals surface area contributed by atoms with Crippen LogP contribution in [0.15, 0.2) is 53.4 Å². The Bertz CT molecular complexity index is 1260. The number of rotatable bonds is 7. The summed E-state index contributed by atoms with van der Waals surface area (Å²) in [5.74, 6) is -1.19. The largest absolute Gasteiger partial charge is 0.416 e. The van der Waals surface area contributed by atoms with E-state index in [1.54, 1.807) is 12.1 Å². The summed E-state index contributed by atoms with van der Waals surface area (Å²) in [6.07, 6.45) is -4.50. The molecular formula is C26H32F3N3O5S. The minimum absolute atomic E-state index is 0.00953. The van der Waals surface area contributed by atoms with Gasteiger partial charge in [0, 0.05) is 26.2 Å². The minimum Gasteiger partial charge on any atom is -0.381 e. The highest BCUT2D eigenvalue weighted by Crippen LogP contribution is 2.29.